The first-order chi connectivity index (χ1) is 15.8. The van der Waals surface area contributed by atoms with Gasteiger partial charge in [-0.1, -0.05) is 38.6 Å². The first-order valence-corrected chi connectivity index (χ1v) is 11.9. The molecule has 1 aromatic carbocycles. The van der Waals surface area contributed by atoms with Gasteiger partial charge in [-0.05, 0) is 25.3 Å². The first-order valence-electron chi connectivity index (χ1n) is 10.9. The van der Waals surface area contributed by atoms with Gasteiger partial charge in [0.1, 0.15) is 5.82 Å². The largest absolute Gasteiger partial charge is 0.369 e. The zero-order valence-corrected chi connectivity index (χ0v) is 20.1. The van der Waals surface area contributed by atoms with Gasteiger partial charge in [-0.15, -0.1) is 0 Å². The van der Waals surface area contributed by atoms with Crippen LogP contribution in [0.15, 0.2) is 29.6 Å². The van der Waals surface area contributed by atoms with Crippen molar-refractivity contribution in [2.24, 2.45) is 5.92 Å². The maximum absolute atomic E-state index is 12.6. The molecule has 2 N–H and O–H groups in total. The quantitative estimate of drug-likeness (QED) is 0.186. The Morgan fingerprint density at radius 3 is 2.79 bits per heavy atom. The summed E-state index contributed by atoms with van der Waals surface area (Å²) in [6.07, 6.45) is 2.75. The highest BCUT2D eigenvalue weighted by atomic mass is 32.2. The fourth-order valence-corrected chi connectivity index (χ4v) is 3.92. The van der Waals surface area contributed by atoms with Gasteiger partial charge in [0.25, 0.3) is 11.6 Å². The van der Waals surface area contributed by atoms with Crippen LogP contribution >= 0.6 is 11.8 Å². The summed E-state index contributed by atoms with van der Waals surface area (Å²) in [5.41, 5.74) is 1.26. The molecule has 0 atom stereocenters. The summed E-state index contributed by atoms with van der Waals surface area (Å²) in [5, 5.41) is 23.3. The Hall–Kier alpha value is -3.21. The standard InChI is InChI=1S/C22H29N7O3S/c1-5-11-33-22-26-19(24-12-14(2)3)17-13-25-28(20(17)27-22)10-9-23-21(30)16-7-6-8-18(15(16)4)29(31)32/h6-8,13-14H,5,9-12H2,1-4H3,(H,23,30)(H,24,26,27). The van der Waals surface area contributed by atoms with E-state index in [9.17, 15) is 14.9 Å². The number of carbonyl (C=O) groups excluding carboxylic acids is 1. The molecule has 0 bridgehead atoms. The second-order valence-electron chi connectivity index (χ2n) is 8.05. The molecule has 0 spiro atoms. The van der Waals surface area contributed by atoms with Gasteiger partial charge in [0.05, 0.1) is 23.1 Å². The lowest BCUT2D eigenvalue weighted by Crippen LogP contribution is -2.28. The fraction of sp³-hybridized carbons (Fsp3) is 0.455. The van der Waals surface area contributed by atoms with Crippen LogP contribution in [0.1, 0.15) is 43.1 Å². The van der Waals surface area contributed by atoms with Gasteiger partial charge in [-0.3, -0.25) is 14.9 Å². The highest BCUT2D eigenvalue weighted by molar-refractivity contribution is 7.99. The summed E-state index contributed by atoms with van der Waals surface area (Å²) in [5.74, 6) is 1.78. The van der Waals surface area contributed by atoms with Crippen molar-refractivity contribution in [2.45, 2.75) is 45.8 Å². The van der Waals surface area contributed by atoms with Gasteiger partial charge in [0.15, 0.2) is 10.8 Å². The summed E-state index contributed by atoms with van der Waals surface area (Å²) in [7, 11) is 0. The number of nitrogens with one attached hydrogen (secondary N) is 2. The van der Waals surface area contributed by atoms with E-state index in [0.717, 1.165) is 29.9 Å². The van der Waals surface area contributed by atoms with Crippen LogP contribution in [0.5, 0.6) is 0 Å². The van der Waals surface area contributed by atoms with Crippen molar-refractivity contribution in [3.8, 4) is 0 Å². The molecule has 0 saturated heterocycles. The Labute approximate surface area is 196 Å². The van der Waals surface area contributed by atoms with E-state index in [1.54, 1.807) is 35.6 Å². The summed E-state index contributed by atoms with van der Waals surface area (Å²) in [6.45, 7) is 9.44. The number of amides is 1. The van der Waals surface area contributed by atoms with Gasteiger partial charge >= 0.3 is 0 Å². The Bertz CT molecular complexity index is 1150. The monoisotopic (exact) mass is 471 g/mol. The average Bonchev–Trinajstić information content (AvgIpc) is 3.18. The third-order valence-electron chi connectivity index (χ3n) is 4.94. The predicted molar refractivity (Wildman–Crippen MR) is 130 cm³/mol. The smallest absolute Gasteiger partial charge is 0.273 e. The molecule has 0 radical (unpaired) electrons. The number of nitrogens with zero attached hydrogens (tertiary/aromatic N) is 5. The lowest BCUT2D eigenvalue weighted by molar-refractivity contribution is -0.385. The number of nitro benzene ring substituents is 1. The average molecular weight is 472 g/mol. The molecule has 33 heavy (non-hydrogen) atoms. The SMILES string of the molecule is CCCSc1nc(NCC(C)C)c2cnn(CCNC(=O)c3cccc([N+](=O)[O-])c3C)c2n1. The minimum Gasteiger partial charge on any atom is -0.369 e. The van der Waals surface area contributed by atoms with Gasteiger partial charge in [-0.2, -0.15) is 5.10 Å². The molecular weight excluding hydrogens is 442 g/mol. The molecule has 0 aliphatic carbocycles. The Balaban J connectivity index is 1.76. The van der Waals surface area contributed by atoms with Crippen molar-refractivity contribution in [1.29, 1.82) is 0 Å². The normalized spacial score (nSPS) is 11.2. The topological polar surface area (TPSA) is 128 Å². The summed E-state index contributed by atoms with van der Waals surface area (Å²) >= 11 is 1.60. The number of thioether (sulfide) groups is 1. The predicted octanol–water partition coefficient (Wildman–Crippen LogP) is 4.04. The molecule has 1 amide bonds. The Kier molecular flexibility index (Phi) is 8.21. The van der Waals surface area contributed by atoms with Crippen molar-refractivity contribution in [1.82, 2.24) is 25.1 Å². The van der Waals surface area contributed by atoms with Crippen LogP contribution in [0.4, 0.5) is 11.5 Å². The number of rotatable bonds is 11. The number of nitro groups is 1. The highest BCUT2D eigenvalue weighted by Crippen LogP contribution is 2.25. The van der Waals surface area contributed by atoms with Gasteiger partial charge in [-0.25, -0.2) is 14.6 Å². The third-order valence-corrected chi connectivity index (χ3v) is 6.00. The van der Waals surface area contributed by atoms with E-state index in [2.05, 4.69) is 46.5 Å². The van der Waals surface area contributed by atoms with E-state index in [1.807, 2.05) is 0 Å². The van der Waals surface area contributed by atoms with E-state index in [4.69, 9.17) is 0 Å². The van der Waals surface area contributed by atoms with E-state index < -0.39 is 4.92 Å². The maximum Gasteiger partial charge on any atom is 0.273 e. The Morgan fingerprint density at radius 2 is 2.09 bits per heavy atom. The van der Waals surface area contributed by atoms with Crippen LogP contribution in [-0.4, -0.2) is 49.4 Å². The lowest BCUT2D eigenvalue weighted by atomic mass is 10.1. The van der Waals surface area contributed by atoms with Crippen LogP contribution < -0.4 is 10.6 Å². The van der Waals surface area contributed by atoms with Crippen molar-refractivity contribution in [3.05, 3.63) is 45.6 Å². The van der Waals surface area contributed by atoms with Crippen LogP contribution in [-0.2, 0) is 6.54 Å². The van der Waals surface area contributed by atoms with Gasteiger partial charge in [0.2, 0.25) is 0 Å². The number of aromatic nitrogens is 4. The molecule has 0 unspecified atom stereocenters. The number of benzene rings is 1. The number of hydrogen-bond acceptors (Lipinski definition) is 8. The van der Waals surface area contributed by atoms with Gasteiger partial charge in [0, 0.05) is 36.0 Å². The summed E-state index contributed by atoms with van der Waals surface area (Å²) in [6, 6.07) is 4.48. The molecule has 0 saturated carbocycles. The summed E-state index contributed by atoms with van der Waals surface area (Å²) in [4.78, 5) is 32.6. The van der Waals surface area contributed by atoms with Crippen LogP contribution in [0.2, 0.25) is 0 Å². The van der Waals surface area contributed by atoms with Crippen molar-refractivity contribution >= 4 is 40.2 Å². The molecule has 176 valence electrons. The molecular formula is C22H29N7O3S. The minimum absolute atomic E-state index is 0.0732. The van der Waals surface area contributed by atoms with Gasteiger partial charge < -0.3 is 10.6 Å². The van der Waals surface area contributed by atoms with Crippen molar-refractivity contribution in [3.63, 3.8) is 0 Å². The highest BCUT2D eigenvalue weighted by Gasteiger charge is 2.18. The van der Waals surface area contributed by atoms with E-state index >= 15 is 0 Å². The van der Waals surface area contributed by atoms with Crippen LogP contribution in [0.3, 0.4) is 0 Å². The Morgan fingerprint density at radius 1 is 1.30 bits per heavy atom. The number of hydrogen-bond donors (Lipinski definition) is 2. The van der Waals surface area contributed by atoms with E-state index in [-0.39, 0.29) is 17.2 Å². The van der Waals surface area contributed by atoms with Crippen molar-refractivity contribution < 1.29 is 9.72 Å². The molecule has 11 heteroatoms. The molecule has 0 aliphatic rings. The zero-order chi connectivity index (χ0) is 24.0. The molecule has 0 aliphatic heterocycles. The van der Waals surface area contributed by atoms with Crippen molar-refractivity contribution in [2.75, 3.05) is 24.2 Å². The van der Waals surface area contributed by atoms with E-state index in [1.165, 1.54) is 12.1 Å². The molecule has 3 aromatic rings. The first kappa shape index (κ1) is 24.4. The molecule has 0 fully saturated rings. The molecule has 2 heterocycles. The summed E-state index contributed by atoms with van der Waals surface area (Å²) < 4.78 is 1.74. The second-order valence-corrected chi connectivity index (χ2v) is 9.11. The van der Waals surface area contributed by atoms with Crippen LogP contribution in [0.25, 0.3) is 11.0 Å². The van der Waals surface area contributed by atoms with Crippen LogP contribution in [0, 0.1) is 23.0 Å². The lowest BCUT2D eigenvalue weighted by Gasteiger charge is -2.11. The zero-order valence-electron chi connectivity index (χ0n) is 19.3. The number of carbonyl (C=O) groups is 1. The number of anilines is 1. The number of fused-ring (bicyclic) bond motifs is 1. The fourth-order valence-electron chi connectivity index (χ4n) is 3.23. The second kappa shape index (κ2) is 11.1. The molecule has 10 nitrogen and oxygen atoms in total. The maximum atomic E-state index is 12.6. The molecule has 3 rings (SSSR count). The minimum atomic E-state index is -0.485. The van der Waals surface area contributed by atoms with E-state index in [0.29, 0.717) is 35.4 Å². The molecule has 2 aromatic heterocycles. The third kappa shape index (κ3) is 5.98.